The van der Waals surface area contributed by atoms with Crippen molar-refractivity contribution in [2.24, 2.45) is 0 Å². The fourth-order valence-corrected chi connectivity index (χ4v) is 5.01. The largest absolute Gasteiger partial charge is 0.465 e. The lowest BCUT2D eigenvalue weighted by atomic mass is 10.0. The van der Waals surface area contributed by atoms with Gasteiger partial charge in [-0.15, -0.1) is 0 Å². The Morgan fingerprint density at radius 3 is 2.18 bits per heavy atom. The fourth-order valence-electron chi connectivity index (χ4n) is 4.24. The number of benzene rings is 2. The lowest BCUT2D eigenvalue weighted by molar-refractivity contribution is -0.136. The molecule has 1 aromatic heterocycles. The molecular weight excluding hydrogens is 539 g/mol. The van der Waals surface area contributed by atoms with E-state index in [-0.39, 0.29) is 17.1 Å². The molecule has 0 spiro atoms. The Hall–Kier alpha value is -2.80. The second kappa shape index (κ2) is 9.45. The Kier molecular flexibility index (Phi) is 6.76. The number of halogens is 3. The van der Waals surface area contributed by atoms with Crippen LogP contribution >= 0.6 is 39.1 Å². The van der Waals surface area contributed by atoms with Crippen molar-refractivity contribution >= 4 is 62.8 Å². The van der Waals surface area contributed by atoms with Gasteiger partial charge in [0.15, 0.2) is 0 Å². The third kappa shape index (κ3) is 4.33. The zero-order valence-electron chi connectivity index (χ0n) is 18.9. The highest BCUT2D eigenvalue weighted by Gasteiger charge is 2.38. The Labute approximate surface area is 216 Å². The first kappa shape index (κ1) is 24.3. The second-order valence-electron chi connectivity index (χ2n) is 7.92. The monoisotopic (exact) mass is 558 g/mol. The van der Waals surface area contributed by atoms with Gasteiger partial charge in [0, 0.05) is 37.3 Å². The molecule has 4 rings (SSSR count). The van der Waals surface area contributed by atoms with Crippen molar-refractivity contribution < 1.29 is 14.3 Å². The predicted molar refractivity (Wildman–Crippen MR) is 140 cm³/mol. The zero-order valence-corrected chi connectivity index (χ0v) is 22.0. The molecule has 3 aromatic rings. The maximum atomic E-state index is 13.6. The number of aryl methyl sites for hydroxylation is 1. The number of amides is 1. The Bertz CT molecular complexity index is 1370. The molecule has 0 saturated carbocycles. The molecule has 0 bridgehead atoms. The summed E-state index contributed by atoms with van der Waals surface area (Å²) in [4.78, 5) is 27.8. The molecule has 1 amide bonds. The van der Waals surface area contributed by atoms with Crippen LogP contribution < -0.4 is 4.90 Å². The summed E-state index contributed by atoms with van der Waals surface area (Å²) < 4.78 is 8.10. The molecule has 0 N–H and O–H groups in total. The molecule has 0 atom stereocenters. The van der Waals surface area contributed by atoms with Crippen molar-refractivity contribution in [1.82, 2.24) is 4.57 Å². The molecule has 2 heterocycles. The minimum absolute atomic E-state index is 0.206. The molecule has 1 aliphatic heterocycles. The van der Waals surface area contributed by atoms with Crippen LogP contribution in [0.25, 0.3) is 11.8 Å². The molecule has 0 radical (unpaired) electrons. The first-order valence-electron chi connectivity index (χ1n) is 10.4. The molecule has 0 unspecified atom stereocenters. The van der Waals surface area contributed by atoms with Crippen LogP contribution in [0.15, 0.2) is 69.8 Å². The van der Waals surface area contributed by atoms with Crippen LogP contribution in [-0.4, -0.2) is 23.6 Å². The van der Waals surface area contributed by atoms with Gasteiger partial charge >= 0.3 is 5.97 Å². The number of ether oxygens (including phenoxy) is 1. The van der Waals surface area contributed by atoms with Gasteiger partial charge in [-0.3, -0.25) is 9.69 Å². The number of hydrogen-bond acceptors (Lipinski definition) is 3. The summed E-state index contributed by atoms with van der Waals surface area (Å²) in [7, 11) is 1.29. The minimum atomic E-state index is -0.588. The van der Waals surface area contributed by atoms with E-state index in [4.69, 9.17) is 27.9 Å². The molecule has 2 aromatic carbocycles. The molecular formula is C26H21BrCl2N2O3. The van der Waals surface area contributed by atoms with Gasteiger partial charge in [-0.05, 0) is 80.9 Å². The van der Waals surface area contributed by atoms with E-state index < -0.39 is 5.97 Å². The van der Waals surface area contributed by atoms with Crippen LogP contribution in [0.1, 0.15) is 23.9 Å². The van der Waals surface area contributed by atoms with E-state index in [1.54, 1.807) is 31.2 Å². The van der Waals surface area contributed by atoms with Gasteiger partial charge in [0.05, 0.1) is 23.9 Å². The highest BCUT2D eigenvalue weighted by atomic mass is 79.9. The summed E-state index contributed by atoms with van der Waals surface area (Å²) in [5.41, 5.74) is 5.13. The summed E-state index contributed by atoms with van der Waals surface area (Å²) in [6.07, 6.45) is 1.74. The van der Waals surface area contributed by atoms with Gasteiger partial charge < -0.3 is 9.30 Å². The van der Waals surface area contributed by atoms with Crippen LogP contribution in [0.4, 0.5) is 5.69 Å². The number of carbonyl (C=O) groups excluding carboxylic acids is 2. The number of nitrogens with zero attached hydrogens (tertiary/aromatic N) is 2. The number of allylic oxidation sites excluding steroid dienone is 1. The number of hydrogen-bond donors (Lipinski definition) is 0. The van der Waals surface area contributed by atoms with Crippen LogP contribution in [-0.2, 0) is 14.3 Å². The highest BCUT2D eigenvalue weighted by molar-refractivity contribution is 9.10. The van der Waals surface area contributed by atoms with E-state index in [1.807, 2.05) is 44.2 Å². The molecule has 0 aliphatic carbocycles. The molecule has 174 valence electrons. The van der Waals surface area contributed by atoms with Gasteiger partial charge in [0.2, 0.25) is 0 Å². The smallest absolute Gasteiger partial charge is 0.340 e. The fraction of sp³-hybridized carbons (Fsp3) is 0.154. The van der Waals surface area contributed by atoms with E-state index in [9.17, 15) is 9.59 Å². The summed E-state index contributed by atoms with van der Waals surface area (Å²) in [6.45, 7) is 5.67. The number of carbonyl (C=O) groups is 2. The first-order chi connectivity index (χ1) is 16.1. The van der Waals surface area contributed by atoms with Gasteiger partial charge in [0.1, 0.15) is 0 Å². The molecule has 1 aliphatic rings. The first-order valence-corrected chi connectivity index (χ1v) is 11.9. The summed E-state index contributed by atoms with van der Waals surface area (Å²) in [5.74, 6) is -0.945. The molecule has 8 heteroatoms. The number of anilines is 1. The van der Waals surface area contributed by atoms with E-state index in [2.05, 4.69) is 20.5 Å². The second-order valence-corrected chi connectivity index (χ2v) is 9.71. The van der Waals surface area contributed by atoms with Gasteiger partial charge in [-0.25, -0.2) is 4.79 Å². The third-order valence-electron chi connectivity index (χ3n) is 5.75. The van der Waals surface area contributed by atoms with Crippen molar-refractivity contribution in [2.45, 2.75) is 20.8 Å². The Morgan fingerprint density at radius 1 is 0.971 bits per heavy atom. The SMILES string of the molecule is COC(=O)C1=C(C)N(c2cc(Cl)cc(Cl)c2)C(=O)/C1=C\c1cc(C)n(-c2ccc(Br)cc2)c1C. The van der Waals surface area contributed by atoms with E-state index in [0.29, 0.717) is 21.4 Å². The molecule has 0 fully saturated rings. The van der Waals surface area contributed by atoms with Crippen molar-refractivity contribution in [3.8, 4) is 5.69 Å². The van der Waals surface area contributed by atoms with Crippen LogP contribution in [0.2, 0.25) is 10.0 Å². The zero-order chi connectivity index (χ0) is 24.7. The third-order valence-corrected chi connectivity index (χ3v) is 6.72. The molecule has 0 saturated heterocycles. The maximum absolute atomic E-state index is 13.6. The van der Waals surface area contributed by atoms with Crippen molar-refractivity contribution in [3.63, 3.8) is 0 Å². The van der Waals surface area contributed by atoms with Crippen LogP contribution in [0.3, 0.4) is 0 Å². The van der Waals surface area contributed by atoms with E-state index >= 15 is 0 Å². The number of rotatable bonds is 4. The van der Waals surface area contributed by atoms with Crippen molar-refractivity contribution in [2.75, 3.05) is 12.0 Å². The average molecular weight is 560 g/mol. The van der Waals surface area contributed by atoms with Gasteiger partial charge in [0.25, 0.3) is 5.91 Å². The predicted octanol–water partition coefficient (Wildman–Crippen LogP) is 7.04. The number of esters is 1. The number of methoxy groups -OCH3 is 1. The van der Waals surface area contributed by atoms with Gasteiger partial charge in [-0.1, -0.05) is 39.1 Å². The normalized spacial score (nSPS) is 15.0. The van der Waals surface area contributed by atoms with Crippen LogP contribution in [0, 0.1) is 13.8 Å². The van der Waals surface area contributed by atoms with Crippen molar-refractivity contribution in [1.29, 1.82) is 0 Å². The number of aromatic nitrogens is 1. The lowest BCUT2D eigenvalue weighted by Crippen LogP contribution is -2.24. The lowest BCUT2D eigenvalue weighted by Gasteiger charge is -2.18. The Balaban J connectivity index is 1.86. The quantitative estimate of drug-likeness (QED) is 0.254. The molecule has 5 nitrogen and oxygen atoms in total. The van der Waals surface area contributed by atoms with Crippen molar-refractivity contribution in [3.05, 3.63) is 96.8 Å². The topological polar surface area (TPSA) is 51.5 Å². The van der Waals surface area contributed by atoms with Crippen LogP contribution in [0.5, 0.6) is 0 Å². The standard InChI is InChI=1S/C26H21BrCl2N2O3/c1-14-9-17(15(2)30(14)21-7-5-18(27)6-8-21)10-23-24(26(33)34-4)16(3)31(25(23)32)22-12-19(28)11-20(29)13-22/h5-13H,1-4H3/b23-10-. The van der Waals surface area contributed by atoms with E-state index in [1.165, 1.54) is 12.0 Å². The summed E-state index contributed by atoms with van der Waals surface area (Å²) >= 11 is 15.8. The minimum Gasteiger partial charge on any atom is -0.465 e. The van der Waals surface area contributed by atoms with Gasteiger partial charge in [-0.2, -0.15) is 0 Å². The maximum Gasteiger partial charge on any atom is 0.340 e. The summed E-state index contributed by atoms with van der Waals surface area (Å²) in [6, 6.07) is 14.8. The highest BCUT2D eigenvalue weighted by Crippen LogP contribution is 2.38. The average Bonchev–Trinajstić information content (AvgIpc) is 3.19. The molecule has 34 heavy (non-hydrogen) atoms. The summed E-state index contributed by atoms with van der Waals surface area (Å²) in [5, 5.41) is 0.774. The Morgan fingerprint density at radius 2 is 1.59 bits per heavy atom. The van der Waals surface area contributed by atoms with E-state index in [0.717, 1.165) is 27.1 Å².